The summed E-state index contributed by atoms with van der Waals surface area (Å²) >= 11 is 0. The van der Waals surface area contributed by atoms with Gasteiger partial charge >= 0.3 is 0 Å². The van der Waals surface area contributed by atoms with E-state index in [0.29, 0.717) is 12.2 Å². The highest BCUT2D eigenvalue weighted by Gasteiger charge is 2.23. The molecular formula is C15H24N2O2. The lowest BCUT2D eigenvalue weighted by molar-refractivity contribution is -0.120. The van der Waals surface area contributed by atoms with Crippen molar-refractivity contribution in [3.8, 4) is 5.75 Å². The Morgan fingerprint density at radius 3 is 2.53 bits per heavy atom. The molecule has 19 heavy (non-hydrogen) atoms. The molecule has 0 spiro atoms. The molecule has 0 saturated heterocycles. The van der Waals surface area contributed by atoms with Gasteiger partial charge in [-0.25, -0.2) is 0 Å². The number of carbonyl (C=O) groups excluding carboxylic acids is 1. The van der Waals surface area contributed by atoms with E-state index in [2.05, 4.69) is 26.1 Å². The fraction of sp³-hybridized carbons (Fsp3) is 0.533. The number of aromatic hydroxyl groups is 1. The second kappa shape index (κ2) is 6.06. The summed E-state index contributed by atoms with van der Waals surface area (Å²) in [5.74, 6) is -0.137. The van der Waals surface area contributed by atoms with Crippen molar-refractivity contribution in [3.63, 3.8) is 0 Å². The number of nitrogens with one attached hydrogen (secondary N) is 1. The first kappa shape index (κ1) is 15.5. The quantitative estimate of drug-likeness (QED) is 0.782. The molecular weight excluding hydrogens is 240 g/mol. The molecule has 0 bridgehead atoms. The number of benzene rings is 1. The summed E-state index contributed by atoms with van der Waals surface area (Å²) in [6, 6.07) is 5.10. The van der Waals surface area contributed by atoms with Crippen LogP contribution in [0.4, 0.5) is 5.69 Å². The first-order valence-corrected chi connectivity index (χ1v) is 6.53. The number of hydrogen-bond donors (Lipinski definition) is 3. The Labute approximate surface area is 115 Å². The molecule has 0 aliphatic rings. The molecule has 0 aromatic heterocycles. The third-order valence-corrected chi connectivity index (χ3v) is 2.99. The van der Waals surface area contributed by atoms with Gasteiger partial charge in [-0.05, 0) is 30.4 Å². The standard InChI is InChI=1S/C15H24N2O2/c1-10-5-6-12(7-13(10)18)17-14(19)11(9-16)8-15(2,3)4/h5-7,11,18H,8-9,16H2,1-4H3,(H,17,19). The summed E-state index contributed by atoms with van der Waals surface area (Å²) in [5, 5.41) is 12.4. The predicted octanol–water partition coefficient (Wildman–Crippen LogP) is 2.65. The number of amides is 1. The number of carbonyl (C=O) groups is 1. The van der Waals surface area contributed by atoms with Gasteiger partial charge in [-0.3, -0.25) is 4.79 Å². The summed E-state index contributed by atoms with van der Waals surface area (Å²) in [4.78, 5) is 12.1. The van der Waals surface area contributed by atoms with E-state index < -0.39 is 0 Å². The van der Waals surface area contributed by atoms with Crippen LogP contribution in [0.1, 0.15) is 32.8 Å². The highest BCUT2D eigenvalue weighted by Crippen LogP contribution is 2.26. The van der Waals surface area contributed by atoms with E-state index >= 15 is 0 Å². The molecule has 1 rings (SSSR count). The molecule has 0 aliphatic heterocycles. The molecule has 1 aromatic rings. The Balaban J connectivity index is 2.74. The molecule has 0 saturated carbocycles. The summed E-state index contributed by atoms with van der Waals surface area (Å²) in [6.07, 6.45) is 0.729. The molecule has 4 heteroatoms. The van der Waals surface area contributed by atoms with Crippen LogP contribution >= 0.6 is 0 Å². The van der Waals surface area contributed by atoms with Crippen molar-refractivity contribution in [3.05, 3.63) is 23.8 Å². The average molecular weight is 264 g/mol. The van der Waals surface area contributed by atoms with Crippen molar-refractivity contribution >= 4 is 11.6 Å². The molecule has 1 aromatic carbocycles. The van der Waals surface area contributed by atoms with E-state index in [1.807, 2.05) is 6.92 Å². The van der Waals surface area contributed by atoms with Gasteiger partial charge in [0.25, 0.3) is 0 Å². The number of anilines is 1. The van der Waals surface area contributed by atoms with Gasteiger partial charge in [0.2, 0.25) is 5.91 Å². The molecule has 1 amide bonds. The first-order valence-electron chi connectivity index (χ1n) is 6.53. The summed E-state index contributed by atoms with van der Waals surface area (Å²) in [5.41, 5.74) is 7.11. The highest BCUT2D eigenvalue weighted by atomic mass is 16.3. The maximum absolute atomic E-state index is 12.1. The van der Waals surface area contributed by atoms with Crippen LogP contribution in [0.3, 0.4) is 0 Å². The van der Waals surface area contributed by atoms with Gasteiger partial charge in [-0.15, -0.1) is 0 Å². The van der Waals surface area contributed by atoms with E-state index in [4.69, 9.17) is 5.73 Å². The molecule has 0 aliphatic carbocycles. The minimum Gasteiger partial charge on any atom is -0.508 e. The maximum atomic E-state index is 12.1. The number of phenols is 1. The highest BCUT2D eigenvalue weighted by molar-refractivity contribution is 5.93. The van der Waals surface area contributed by atoms with Crippen molar-refractivity contribution in [2.75, 3.05) is 11.9 Å². The Morgan fingerprint density at radius 1 is 1.42 bits per heavy atom. The maximum Gasteiger partial charge on any atom is 0.228 e. The predicted molar refractivity (Wildman–Crippen MR) is 78.1 cm³/mol. The molecule has 0 fully saturated rings. The van der Waals surface area contributed by atoms with Gasteiger partial charge in [0.1, 0.15) is 5.75 Å². The smallest absolute Gasteiger partial charge is 0.228 e. The molecule has 106 valence electrons. The minimum atomic E-state index is -0.219. The normalized spacial score (nSPS) is 13.1. The van der Waals surface area contributed by atoms with Gasteiger partial charge in [-0.1, -0.05) is 26.8 Å². The lowest BCUT2D eigenvalue weighted by Gasteiger charge is -2.24. The Hall–Kier alpha value is -1.55. The van der Waals surface area contributed by atoms with Gasteiger partial charge < -0.3 is 16.2 Å². The van der Waals surface area contributed by atoms with Crippen LogP contribution in [0.15, 0.2) is 18.2 Å². The fourth-order valence-electron chi connectivity index (χ4n) is 1.95. The van der Waals surface area contributed by atoms with E-state index in [1.54, 1.807) is 18.2 Å². The lowest BCUT2D eigenvalue weighted by atomic mass is 9.84. The Bertz CT molecular complexity index is 450. The zero-order valence-electron chi connectivity index (χ0n) is 12.2. The van der Waals surface area contributed by atoms with E-state index in [-0.39, 0.29) is 23.0 Å². The summed E-state index contributed by atoms with van der Waals surface area (Å²) in [6.45, 7) is 8.38. The molecule has 4 N–H and O–H groups in total. The summed E-state index contributed by atoms with van der Waals surface area (Å²) < 4.78 is 0. The minimum absolute atomic E-state index is 0.0524. The second-order valence-corrected chi connectivity index (χ2v) is 6.19. The number of aryl methyl sites for hydroxylation is 1. The number of hydrogen-bond acceptors (Lipinski definition) is 3. The zero-order valence-corrected chi connectivity index (χ0v) is 12.2. The van der Waals surface area contributed by atoms with Crippen LogP contribution in [0.5, 0.6) is 5.75 Å². The fourth-order valence-corrected chi connectivity index (χ4v) is 1.95. The van der Waals surface area contributed by atoms with Gasteiger partial charge in [0.15, 0.2) is 0 Å². The third kappa shape index (κ3) is 4.91. The molecule has 0 radical (unpaired) electrons. The Kier molecular flexibility index (Phi) is 4.95. The van der Waals surface area contributed by atoms with Crippen LogP contribution in [0.2, 0.25) is 0 Å². The third-order valence-electron chi connectivity index (χ3n) is 2.99. The number of phenolic OH excluding ortho intramolecular Hbond substituents is 1. The van der Waals surface area contributed by atoms with Gasteiger partial charge in [0.05, 0.1) is 5.92 Å². The average Bonchev–Trinajstić information content (AvgIpc) is 2.29. The molecule has 0 heterocycles. The largest absolute Gasteiger partial charge is 0.508 e. The van der Waals surface area contributed by atoms with E-state index in [1.165, 1.54) is 0 Å². The summed E-state index contributed by atoms with van der Waals surface area (Å²) in [7, 11) is 0. The van der Waals surface area contributed by atoms with Crippen LogP contribution in [0.25, 0.3) is 0 Å². The van der Waals surface area contributed by atoms with Crippen molar-refractivity contribution in [2.45, 2.75) is 34.1 Å². The molecule has 4 nitrogen and oxygen atoms in total. The van der Waals surface area contributed by atoms with Crippen molar-refractivity contribution in [2.24, 2.45) is 17.1 Å². The Morgan fingerprint density at radius 2 is 2.05 bits per heavy atom. The number of rotatable bonds is 4. The van der Waals surface area contributed by atoms with Gasteiger partial charge in [-0.2, -0.15) is 0 Å². The molecule has 1 unspecified atom stereocenters. The van der Waals surface area contributed by atoms with Crippen molar-refractivity contribution in [1.29, 1.82) is 0 Å². The van der Waals surface area contributed by atoms with E-state index in [0.717, 1.165) is 12.0 Å². The second-order valence-electron chi connectivity index (χ2n) is 6.19. The van der Waals surface area contributed by atoms with Crippen molar-refractivity contribution < 1.29 is 9.90 Å². The topological polar surface area (TPSA) is 75.4 Å². The van der Waals surface area contributed by atoms with Crippen LogP contribution in [-0.2, 0) is 4.79 Å². The molecule has 1 atom stereocenters. The van der Waals surface area contributed by atoms with Crippen molar-refractivity contribution in [1.82, 2.24) is 0 Å². The SMILES string of the molecule is Cc1ccc(NC(=O)C(CN)CC(C)(C)C)cc1O. The van der Waals surface area contributed by atoms with Gasteiger partial charge in [0, 0.05) is 18.3 Å². The van der Waals surface area contributed by atoms with E-state index in [9.17, 15) is 9.90 Å². The van der Waals surface area contributed by atoms with Crippen LogP contribution in [0, 0.1) is 18.3 Å². The van der Waals surface area contributed by atoms with Crippen LogP contribution < -0.4 is 11.1 Å². The zero-order chi connectivity index (χ0) is 14.6. The number of nitrogens with two attached hydrogens (primary N) is 1. The lowest BCUT2D eigenvalue weighted by Crippen LogP contribution is -2.32. The monoisotopic (exact) mass is 264 g/mol. The first-order chi connectivity index (χ1) is 8.73. The van der Waals surface area contributed by atoms with Crippen LogP contribution in [-0.4, -0.2) is 17.6 Å².